The zero-order valence-electron chi connectivity index (χ0n) is 23.8. The second-order valence-electron chi connectivity index (χ2n) is 10.5. The Morgan fingerprint density at radius 2 is 1.84 bits per heavy atom. The summed E-state index contributed by atoms with van der Waals surface area (Å²) in [4.78, 5) is 37.7. The normalized spacial score (nSPS) is 18.5. The maximum absolute atomic E-state index is 14.1. The number of fused-ring (bicyclic) bond motifs is 2. The van der Waals surface area contributed by atoms with E-state index in [4.69, 9.17) is 23.6 Å². The van der Waals surface area contributed by atoms with Crippen molar-refractivity contribution in [3.63, 3.8) is 0 Å². The van der Waals surface area contributed by atoms with Gasteiger partial charge in [-0.05, 0) is 37.7 Å². The largest absolute Gasteiger partial charge is 0.463 e. The first kappa shape index (κ1) is 27.2. The lowest BCUT2D eigenvalue weighted by Crippen LogP contribution is -2.44. The number of benzene rings is 2. The van der Waals surface area contributed by atoms with Crippen molar-refractivity contribution in [2.75, 3.05) is 51.5 Å². The number of carbonyl (C=O) groups excluding carboxylic acids is 1. The topological polar surface area (TPSA) is 98.7 Å². The van der Waals surface area contributed by atoms with Crippen LogP contribution in [0, 0.1) is 0 Å². The van der Waals surface area contributed by atoms with Crippen molar-refractivity contribution >= 4 is 35.0 Å². The van der Waals surface area contributed by atoms with Crippen molar-refractivity contribution < 1.29 is 23.4 Å². The Hall–Kier alpha value is -4.61. The number of aromatic nitrogens is 1. The fraction of sp³-hybridized carbons (Fsp3) is 0.281. The Bertz CT molecular complexity index is 1900. The van der Waals surface area contributed by atoms with Crippen molar-refractivity contribution in [3.8, 4) is 11.5 Å². The number of piperazine rings is 1. The third-order valence-corrected chi connectivity index (χ3v) is 8.77. The number of rotatable bonds is 6. The van der Waals surface area contributed by atoms with Gasteiger partial charge in [0.2, 0.25) is 6.79 Å². The molecule has 43 heavy (non-hydrogen) atoms. The highest BCUT2D eigenvalue weighted by Crippen LogP contribution is 2.40. The molecule has 4 aromatic rings. The second kappa shape index (κ2) is 11.2. The number of likely N-dealkylation sites (N-methyl/N-ethyl adjacent to an activating group) is 1. The molecule has 2 aromatic heterocycles. The SMILES string of the molecule is CCOC(=O)C1=C(c2ccccc2)N=c2sc(=Cc3ccc(N4CCN(C)CC4)o3)c(=O)n2[C@@H]1c1ccc2c(c1)OCO2. The number of anilines is 1. The van der Waals surface area contributed by atoms with Crippen LogP contribution in [0.15, 0.2) is 80.4 Å². The molecule has 7 rings (SSSR count). The van der Waals surface area contributed by atoms with Gasteiger partial charge in [0.15, 0.2) is 22.2 Å². The van der Waals surface area contributed by atoms with E-state index in [0.717, 1.165) is 37.6 Å². The molecule has 0 N–H and O–H groups in total. The van der Waals surface area contributed by atoms with Gasteiger partial charge in [0.1, 0.15) is 5.76 Å². The minimum absolute atomic E-state index is 0.108. The van der Waals surface area contributed by atoms with Gasteiger partial charge < -0.3 is 28.4 Å². The fourth-order valence-electron chi connectivity index (χ4n) is 5.58. The predicted octanol–water partition coefficient (Wildman–Crippen LogP) is 3.01. The molecular formula is C32H30N4O6S. The molecule has 0 radical (unpaired) electrons. The molecular weight excluding hydrogens is 568 g/mol. The standard InChI is InChI=1S/C32H30N4O6S/c1-3-39-31(38)27-28(20-7-5-4-6-8-20)33-32-36(29(27)21-9-11-23-24(17-21)41-19-40-23)30(37)25(43-32)18-22-10-12-26(42-22)35-15-13-34(2)14-16-35/h4-12,17-18,29H,3,13-16,19H2,1-2H3/t29-/m1/s1. The van der Waals surface area contributed by atoms with Crippen LogP contribution in [0.4, 0.5) is 5.88 Å². The fourth-order valence-corrected chi connectivity index (χ4v) is 6.57. The summed E-state index contributed by atoms with van der Waals surface area (Å²) < 4.78 is 24.9. The van der Waals surface area contributed by atoms with Gasteiger partial charge in [0, 0.05) is 43.9 Å². The lowest BCUT2D eigenvalue weighted by atomic mass is 9.93. The summed E-state index contributed by atoms with van der Waals surface area (Å²) in [5.41, 5.74) is 1.89. The number of hydrogen-bond donors (Lipinski definition) is 0. The number of esters is 1. The highest BCUT2D eigenvalue weighted by molar-refractivity contribution is 7.07. The quantitative estimate of drug-likeness (QED) is 0.313. The highest BCUT2D eigenvalue weighted by atomic mass is 32.1. The zero-order valence-corrected chi connectivity index (χ0v) is 24.6. The molecule has 1 saturated heterocycles. The van der Waals surface area contributed by atoms with Gasteiger partial charge in [-0.2, -0.15) is 0 Å². The van der Waals surface area contributed by atoms with Gasteiger partial charge in [-0.25, -0.2) is 9.79 Å². The van der Waals surface area contributed by atoms with Crippen LogP contribution in [0.2, 0.25) is 0 Å². The highest BCUT2D eigenvalue weighted by Gasteiger charge is 2.36. The number of carbonyl (C=O) groups is 1. The molecule has 0 amide bonds. The first-order chi connectivity index (χ1) is 21.0. The average Bonchev–Trinajstić information content (AvgIpc) is 3.76. The van der Waals surface area contributed by atoms with Gasteiger partial charge in [-0.3, -0.25) is 9.36 Å². The van der Waals surface area contributed by atoms with E-state index in [9.17, 15) is 9.59 Å². The molecule has 0 aliphatic carbocycles. The third kappa shape index (κ3) is 5.04. The number of hydrogen-bond acceptors (Lipinski definition) is 10. The molecule has 0 saturated carbocycles. The van der Waals surface area contributed by atoms with Gasteiger partial charge in [0.25, 0.3) is 5.56 Å². The monoisotopic (exact) mass is 598 g/mol. The molecule has 1 atom stereocenters. The molecule has 10 nitrogen and oxygen atoms in total. The molecule has 0 spiro atoms. The predicted molar refractivity (Wildman–Crippen MR) is 162 cm³/mol. The molecule has 0 unspecified atom stereocenters. The summed E-state index contributed by atoms with van der Waals surface area (Å²) >= 11 is 1.26. The summed E-state index contributed by atoms with van der Waals surface area (Å²) in [7, 11) is 2.11. The lowest BCUT2D eigenvalue weighted by Gasteiger charge is -2.32. The van der Waals surface area contributed by atoms with Crippen LogP contribution >= 0.6 is 11.3 Å². The number of nitrogens with zero attached hydrogens (tertiary/aromatic N) is 4. The van der Waals surface area contributed by atoms with E-state index in [1.807, 2.05) is 54.6 Å². The van der Waals surface area contributed by atoms with Crippen molar-refractivity contribution in [3.05, 3.63) is 103 Å². The van der Waals surface area contributed by atoms with Crippen molar-refractivity contribution in [2.45, 2.75) is 13.0 Å². The van der Waals surface area contributed by atoms with Crippen molar-refractivity contribution in [1.29, 1.82) is 0 Å². The molecule has 1 fully saturated rings. The van der Waals surface area contributed by atoms with E-state index in [-0.39, 0.29) is 24.5 Å². The molecule has 220 valence electrons. The van der Waals surface area contributed by atoms with Crippen LogP contribution in [0.5, 0.6) is 11.5 Å². The summed E-state index contributed by atoms with van der Waals surface area (Å²) in [5, 5.41) is 0. The van der Waals surface area contributed by atoms with E-state index in [1.54, 1.807) is 23.6 Å². The van der Waals surface area contributed by atoms with Crippen LogP contribution < -0.4 is 29.3 Å². The smallest absolute Gasteiger partial charge is 0.338 e. The molecule has 3 aliphatic heterocycles. The number of furan rings is 1. The second-order valence-corrected chi connectivity index (χ2v) is 11.5. The Balaban J connectivity index is 1.39. The average molecular weight is 599 g/mol. The molecule has 5 heterocycles. The van der Waals surface area contributed by atoms with Gasteiger partial charge in [-0.15, -0.1) is 0 Å². The van der Waals surface area contributed by atoms with E-state index in [0.29, 0.717) is 37.9 Å². The van der Waals surface area contributed by atoms with Crippen LogP contribution in [0.1, 0.15) is 29.9 Å². The molecule has 3 aliphatic rings. The third-order valence-electron chi connectivity index (χ3n) is 7.79. The van der Waals surface area contributed by atoms with E-state index < -0.39 is 12.0 Å². The lowest BCUT2D eigenvalue weighted by molar-refractivity contribution is -0.138. The Labute approximate surface area is 251 Å². The van der Waals surface area contributed by atoms with Gasteiger partial charge in [-0.1, -0.05) is 47.7 Å². The van der Waals surface area contributed by atoms with Crippen LogP contribution in [0.3, 0.4) is 0 Å². The van der Waals surface area contributed by atoms with Crippen molar-refractivity contribution in [1.82, 2.24) is 9.47 Å². The maximum Gasteiger partial charge on any atom is 0.338 e. The van der Waals surface area contributed by atoms with Crippen molar-refractivity contribution in [2.24, 2.45) is 4.99 Å². The summed E-state index contributed by atoms with van der Waals surface area (Å²) in [5.74, 6) is 1.97. The van der Waals surface area contributed by atoms with Crippen LogP contribution in [-0.4, -0.2) is 62.1 Å². The van der Waals surface area contributed by atoms with E-state index in [2.05, 4.69) is 16.8 Å². The summed E-state index contributed by atoms with van der Waals surface area (Å²) in [6.07, 6.45) is 1.75. The Kier molecular flexibility index (Phi) is 7.12. The van der Waals surface area contributed by atoms with Crippen LogP contribution in [0.25, 0.3) is 11.8 Å². The van der Waals surface area contributed by atoms with Gasteiger partial charge in [0.05, 0.1) is 28.5 Å². The Morgan fingerprint density at radius 3 is 2.63 bits per heavy atom. The van der Waals surface area contributed by atoms with E-state index in [1.165, 1.54) is 11.3 Å². The van der Waals surface area contributed by atoms with Gasteiger partial charge >= 0.3 is 5.97 Å². The minimum Gasteiger partial charge on any atom is -0.463 e. The maximum atomic E-state index is 14.1. The molecule has 11 heteroatoms. The number of ether oxygens (including phenoxy) is 3. The first-order valence-electron chi connectivity index (χ1n) is 14.2. The van der Waals surface area contributed by atoms with E-state index >= 15 is 0 Å². The zero-order chi connectivity index (χ0) is 29.5. The summed E-state index contributed by atoms with van der Waals surface area (Å²) in [6.45, 7) is 5.71. The molecule has 0 bridgehead atoms. The molecule has 2 aromatic carbocycles. The number of thiazole rings is 1. The Morgan fingerprint density at radius 1 is 1.05 bits per heavy atom. The first-order valence-corrected chi connectivity index (χ1v) is 15.0. The summed E-state index contributed by atoms with van der Waals surface area (Å²) in [6, 6.07) is 17.9. The van der Waals surface area contributed by atoms with Crippen LogP contribution in [-0.2, 0) is 9.53 Å². The minimum atomic E-state index is -0.806.